The Morgan fingerprint density at radius 1 is 1.16 bits per heavy atom. The molecule has 0 fully saturated rings. The Bertz CT molecular complexity index is 632. The fraction of sp³-hybridized carbons (Fsp3) is 0.471. The molecule has 1 aromatic rings. The molecule has 0 saturated carbocycles. The summed E-state index contributed by atoms with van der Waals surface area (Å²) in [5.41, 5.74) is 0.669. The highest BCUT2D eigenvalue weighted by Crippen LogP contribution is 2.24. The smallest absolute Gasteiger partial charge is 0.340 e. The standard InChI is InChI=1S/C17H22BrNO6/c1-10(2)25-17(22)14(7-8-15(20)23-3)19-13-6-5-11(18)9-12(13)16(21)24-4/h5-6,9-10,14,19H,7-8H2,1-4H3. The first-order chi connectivity index (χ1) is 11.8. The predicted octanol–water partition coefficient (Wildman–Crippen LogP) is 2.92. The normalized spacial score (nSPS) is 11.6. The summed E-state index contributed by atoms with van der Waals surface area (Å²) in [5.74, 6) is -1.50. The minimum Gasteiger partial charge on any atom is -0.469 e. The van der Waals surface area contributed by atoms with Gasteiger partial charge < -0.3 is 19.5 Å². The molecule has 1 rings (SSSR count). The molecule has 0 aliphatic heterocycles. The van der Waals surface area contributed by atoms with E-state index in [-0.39, 0.29) is 24.5 Å². The summed E-state index contributed by atoms with van der Waals surface area (Å²) in [4.78, 5) is 35.7. The zero-order chi connectivity index (χ0) is 19.0. The first-order valence-corrected chi connectivity index (χ1v) is 8.49. The highest BCUT2D eigenvalue weighted by molar-refractivity contribution is 9.10. The molecule has 0 aromatic heterocycles. The molecule has 25 heavy (non-hydrogen) atoms. The second kappa shape index (κ2) is 10.0. The van der Waals surface area contributed by atoms with E-state index in [0.717, 1.165) is 0 Å². The summed E-state index contributed by atoms with van der Waals surface area (Å²) < 4.78 is 15.3. The Labute approximate surface area is 155 Å². The van der Waals surface area contributed by atoms with Crippen LogP contribution < -0.4 is 5.32 Å². The quantitative estimate of drug-likeness (QED) is 0.515. The van der Waals surface area contributed by atoms with Crippen LogP contribution in [0.25, 0.3) is 0 Å². The van der Waals surface area contributed by atoms with Crippen molar-refractivity contribution in [3.63, 3.8) is 0 Å². The summed E-state index contributed by atoms with van der Waals surface area (Å²) >= 11 is 3.29. The van der Waals surface area contributed by atoms with Gasteiger partial charge in [-0.3, -0.25) is 4.79 Å². The van der Waals surface area contributed by atoms with Gasteiger partial charge in [-0.05, 0) is 38.5 Å². The average molecular weight is 416 g/mol. The second-order valence-electron chi connectivity index (χ2n) is 5.48. The maximum Gasteiger partial charge on any atom is 0.340 e. The van der Waals surface area contributed by atoms with Crippen LogP contribution in [0.4, 0.5) is 5.69 Å². The van der Waals surface area contributed by atoms with Crippen LogP contribution in [0.5, 0.6) is 0 Å². The van der Waals surface area contributed by atoms with Crippen LogP contribution in [0.3, 0.4) is 0 Å². The van der Waals surface area contributed by atoms with E-state index >= 15 is 0 Å². The van der Waals surface area contributed by atoms with Crippen molar-refractivity contribution in [2.45, 2.75) is 38.8 Å². The summed E-state index contributed by atoms with van der Waals surface area (Å²) in [6.07, 6.45) is -0.111. The largest absolute Gasteiger partial charge is 0.469 e. The summed E-state index contributed by atoms with van der Waals surface area (Å²) in [5, 5.41) is 2.97. The number of esters is 3. The van der Waals surface area contributed by atoms with Crippen LogP contribution in [0.1, 0.15) is 37.0 Å². The molecule has 1 unspecified atom stereocenters. The summed E-state index contributed by atoms with van der Waals surface area (Å²) in [7, 11) is 2.55. The molecule has 0 heterocycles. The monoisotopic (exact) mass is 415 g/mol. The number of hydrogen-bond donors (Lipinski definition) is 1. The van der Waals surface area contributed by atoms with E-state index in [4.69, 9.17) is 9.47 Å². The topological polar surface area (TPSA) is 90.9 Å². The lowest BCUT2D eigenvalue weighted by Crippen LogP contribution is -2.34. The lowest BCUT2D eigenvalue weighted by atomic mass is 10.1. The van der Waals surface area contributed by atoms with Crippen LogP contribution in [0.15, 0.2) is 22.7 Å². The third-order valence-electron chi connectivity index (χ3n) is 3.22. The van der Waals surface area contributed by atoms with Crippen molar-refractivity contribution >= 4 is 39.5 Å². The Kier molecular flexibility index (Phi) is 8.40. The van der Waals surface area contributed by atoms with E-state index in [9.17, 15) is 14.4 Å². The van der Waals surface area contributed by atoms with Gasteiger partial charge in [-0.25, -0.2) is 9.59 Å². The van der Waals surface area contributed by atoms with E-state index in [1.165, 1.54) is 14.2 Å². The van der Waals surface area contributed by atoms with Crippen LogP contribution in [0, 0.1) is 0 Å². The number of carbonyl (C=O) groups is 3. The molecule has 1 atom stereocenters. The number of hydrogen-bond acceptors (Lipinski definition) is 7. The zero-order valence-corrected chi connectivity index (χ0v) is 16.2. The molecule has 1 N–H and O–H groups in total. The second-order valence-corrected chi connectivity index (χ2v) is 6.39. The van der Waals surface area contributed by atoms with Crippen LogP contribution in [-0.2, 0) is 23.8 Å². The Morgan fingerprint density at radius 3 is 2.40 bits per heavy atom. The van der Waals surface area contributed by atoms with Gasteiger partial charge in [0.25, 0.3) is 0 Å². The fourth-order valence-corrected chi connectivity index (χ4v) is 2.40. The molecule has 8 heteroatoms. The van der Waals surface area contributed by atoms with Crippen LogP contribution in [0.2, 0.25) is 0 Å². The molecule has 0 amide bonds. The Morgan fingerprint density at radius 2 is 1.84 bits per heavy atom. The van der Waals surface area contributed by atoms with Crippen molar-refractivity contribution in [2.24, 2.45) is 0 Å². The maximum atomic E-state index is 12.3. The number of halogens is 1. The van der Waals surface area contributed by atoms with Gasteiger partial charge in [-0.15, -0.1) is 0 Å². The molecular weight excluding hydrogens is 394 g/mol. The number of nitrogens with one attached hydrogen (secondary N) is 1. The first kappa shape index (κ1) is 21.0. The molecule has 0 bridgehead atoms. The van der Waals surface area contributed by atoms with Gasteiger partial charge in [0.2, 0.25) is 0 Å². The Hall–Kier alpha value is -2.09. The first-order valence-electron chi connectivity index (χ1n) is 7.70. The lowest BCUT2D eigenvalue weighted by molar-refractivity contribution is -0.148. The highest BCUT2D eigenvalue weighted by Gasteiger charge is 2.24. The summed E-state index contributed by atoms with van der Waals surface area (Å²) in [6, 6.07) is 4.13. The van der Waals surface area contributed by atoms with Gasteiger partial charge in [0.15, 0.2) is 0 Å². The fourth-order valence-electron chi connectivity index (χ4n) is 2.04. The van der Waals surface area contributed by atoms with Gasteiger partial charge >= 0.3 is 17.9 Å². The summed E-state index contributed by atoms with van der Waals surface area (Å²) in [6.45, 7) is 3.46. The molecule has 1 aromatic carbocycles. The number of carbonyl (C=O) groups excluding carboxylic acids is 3. The minimum absolute atomic E-state index is 0.0332. The maximum absolute atomic E-state index is 12.3. The van der Waals surface area contributed by atoms with Crippen molar-refractivity contribution < 1.29 is 28.6 Å². The molecule has 0 spiro atoms. The zero-order valence-electron chi connectivity index (χ0n) is 14.6. The van der Waals surface area contributed by atoms with E-state index < -0.39 is 23.9 Å². The molecule has 0 aliphatic rings. The lowest BCUT2D eigenvalue weighted by Gasteiger charge is -2.21. The number of benzene rings is 1. The number of ether oxygens (including phenoxy) is 3. The van der Waals surface area contributed by atoms with Crippen LogP contribution >= 0.6 is 15.9 Å². The van der Waals surface area contributed by atoms with Gasteiger partial charge in [0, 0.05) is 16.6 Å². The molecule has 0 aliphatic carbocycles. The van der Waals surface area contributed by atoms with Gasteiger partial charge in [0.05, 0.1) is 25.9 Å². The molecular formula is C17H22BrNO6. The number of methoxy groups -OCH3 is 2. The number of rotatable bonds is 8. The molecule has 0 saturated heterocycles. The average Bonchev–Trinajstić information content (AvgIpc) is 2.57. The predicted molar refractivity (Wildman–Crippen MR) is 95.4 cm³/mol. The van der Waals surface area contributed by atoms with Gasteiger partial charge in [-0.1, -0.05) is 15.9 Å². The van der Waals surface area contributed by atoms with Crippen LogP contribution in [-0.4, -0.2) is 44.3 Å². The SMILES string of the molecule is COC(=O)CCC(Nc1ccc(Br)cc1C(=O)OC)C(=O)OC(C)C. The van der Waals surface area contributed by atoms with E-state index in [1.54, 1.807) is 32.0 Å². The van der Waals surface area contributed by atoms with Crippen molar-refractivity contribution in [1.82, 2.24) is 0 Å². The van der Waals surface area contributed by atoms with Crippen molar-refractivity contribution in [3.05, 3.63) is 28.2 Å². The Balaban J connectivity index is 3.05. The highest BCUT2D eigenvalue weighted by atomic mass is 79.9. The van der Waals surface area contributed by atoms with E-state index in [1.807, 2.05) is 0 Å². The minimum atomic E-state index is -0.814. The third kappa shape index (κ3) is 6.74. The van der Waals surface area contributed by atoms with Crippen molar-refractivity contribution in [3.8, 4) is 0 Å². The molecule has 0 radical (unpaired) electrons. The number of anilines is 1. The van der Waals surface area contributed by atoms with Gasteiger partial charge in [-0.2, -0.15) is 0 Å². The van der Waals surface area contributed by atoms with E-state index in [2.05, 4.69) is 26.0 Å². The van der Waals surface area contributed by atoms with Gasteiger partial charge in [0.1, 0.15) is 6.04 Å². The molecule has 138 valence electrons. The van der Waals surface area contributed by atoms with Crippen molar-refractivity contribution in [1.29, 1.82) is 0 Å². The van der Waals surface area contributed by atoms with Crippen molar-refractivity contribution in [2.75, 3.05) is 19.5 Å². The molecule has 7 nitrogen and oxygen atoms in total. The van der Waals surface area contributed by atoms with E-state index in [0.29, 0.717) is 10.2 Å². The third-order valence-corrected chi connectivity index (χ3v) is 3.71.